The van der Waals surface area contributed by atoms with Crippen LogP contribution in [0.3, 0.4) is 0 Å². The SMILES string of the molecule is CC(C)(C)OC(=O)N(CCNC(=O)c1occc1Nc1ncnc2[nH]ccc12)Cc1ccccc1. The van der Waals surface area contributed by atoms with Crippen molar-refractivity contribution < 1.29 is 18.7 Å². The van der Waals surface area contributed by atoms with Gasteiger partial charge in [-0.1, -0.05) is 30.3 Å². The van der Waals surface area contributed by atoms with E-state index in [0.717, 1.165) is 10.9 Å². The highest BCUT2D eigenvalue weighted by molar-refractivity contribution is 5.99. The Morgan fingerprint density at radius 3 is 2.69 bits per heavy atom. The molecule has 0 spiro atoms. The number of ether oxygens (including phenoxy) is 1. The minimum absolute atomic E-state index is 0.110. The van der Waals surface area contributed by atoms with Crippen molar-refractivity contribution in [1.29, 1.82) is 0 Å². The van der Waals surface area contributed by atoms with E-state index in [9.17, 15) is 9.59 Å². The van der Waals surface area contributed by atoms with E-state index in [1.54, 1.807) is 17.2 Å². The standard InChI is InChI=1S/C25H28N6O4/c1-25(2,3)35-24(33)31(15-17-7-5-4-6-8-17)13-12-27-23(32)20-19(10-14-34-20)30-22-18-9-11-26-21(18)28-16-29-22/h4-11,14,16H,12-13,15H2,1-3H3,(H,27,32)(H2,26,28,29,30). The van der Waals surface area contributed by atoms with Gasteiger partial charge in [-0.25, -0.2) is 14.8 Å². The van der Waals surface area contributed by atoms with Crippen LogP contribution in [0.15, 0.2) is 65.7 Å². The Morgan fingerprint density at radius 1 is 1.11 bits per heavy atom. The quantitative estimate of drug-likeness (QED) is 0.343. The van der Waals surface area contributed by atoms with Crippen molar-refractivity contribution in [2.75, 3.05) is 18.4 Å². The molecule has 1 aromatic carbocycles. The van der Waals surface area contributed by atoms with Gasteiger partial charge < -0.3 is 29.7 Å². The highest BCUT2D eigenvalue weighted by atomic mass is 16.6. The second-order valence-corrected chi connectivity index (χ2v) is 8.89. The van der Waals surface area contributed by atoms with Crippen molar-refractivity contribution in [3.63, 3.8) is 0 Å². The molecular formula is C25H28N6O4. The highest BCUT2D eigenvalue weighted by Crippen LogP contribution is 2.25. The van der Waals surface area contributed by atoms with Crippen LogP contribution in [0.2, 0.25) is 0 Å². The monoisotopic (exact) mass is 476 g/mol. The molecule has 0 aliphatic heterocycles. The number of anilines is 2. The minimum atomic E-state index is -0.629. The third-order valence-corrected chi connectivity index (χ3v) is 5.01. The lowest BCUT2D eigenvalue weighted by Crippen LogP contribution is -2.41. The molecule has 2 amide bonds. The van der Waals surface area contributed by atoms with Crippen LogP contribution in [-0.2, 0) is 11.3 Å². The molecule has 4 aromatic rings. The summed E-state index contributed by atoms with van der Waals surface area (Å²) in [5.41, 5.74) is 1.48. The number of rotatable bonds is 8. The summed E-state index contributed by atoms with van der Waals surface area (Å²) in [5, 5.41) is 6.73. The van der Waals surface area contributed by atoms with Crippen LogP contribution in [0.1, 0.15) is 36.9 Å². The molecule has 0 saturated carbocycles. The first kappa shape index (κ1) is 23.8. The second kappa shape index (κ2) is 10.3. The van der Waals surface area contributed by atoms with Crippen LogP contribution in [0.25, 0.3) is 11.0 Å². The van der Waals surface area contributed by atoms with Gasteiger partial charge in [-0.3, -0.25) is 4.79 Å². The molecule has 0 radical (unpaired) electrons. The number of H-pyrrole nitrogens is 1. The highest BCUT2D eigenvalue weighted by Gasteiger charge is 2.23. The maximum Gasteiger partial charge on any atom is 0.410 e. The minimum Gasteiger partial charge on any atom is -0.457 e. The lowest BCUT2D eigenvalue weighted by atomic mass is 10.2. The van der Waals surface area contributed by atoms with Gasteiger partial charge >= 0.3 is 6.09 Å². The van der Waals surface area contributed by atoms with Crippen molar-refractivity contribution in [2.45, 2.75) is 32.9 Å². The Hall–Kier alpha value is -4.34. The first-order valence-corrected chi connectivity index (χ1v) is 11.2. The number of nitrogens with one attached hydrogen (secondary N) is 3. The zero-order valence-corrected chi connectivity index (χ0v) is 19.9. The average Bonchev–Trinajstić information content (AvgIpc) is 3.48. The Kier molecular flexibility index (Phi) is 7.00. The Bertz CT molecular complexity index is 1290. The van der Waals surface area contributed by atoms with E-state index < -0.39 is 17.6 Å². The molecule has 4 rings (SSSR count). The molecule has 0 aliphatic carbocycles. The molecule has 3 heterocycles. The molecule has 0 aliphatic rings. The fourth-order valence-corrected chi connectivity index (χ4v) is 3.43. The zero-order valence-electron chi connectivity index (χ0n) is 19.9. The fourth-order valence-electron chi connectivity index (χ4n) is 3.43. The summed E-state index contributed by atoms with van der Waals surface area (Å²) in [5.74, 6) is 0.241. The van der Waals surface area contributed by atoms with E-state index >= 15 is 0 Å². The number of carbonyl (C=O) groups excluding carboxylic acids is 2. The van der Waals surface area contributed by atoms with E-state index in [-0.39, 0.29) is 18.8 Å². The molecule has 35 heavy (non-hydrogen) atoms. The molecule has 0 bridgehead atoms. The van der Waals surface area contributed by atoms with Gasteiger partial charge in [-0.15, -0.1) is 0 Å². The summed E-state index contributed by atoms with van der Waals surface area (Å²) in [4.78, 5) is 38.6. The summed E-state index contributed by atoms with van der Waals surface area (Å²) in [7, 11) is 0. The van der Waals surface area contributed by atoms with Crippen LogP contribution in [-0.4, -0.2) is 50.5 Å². The molecule has 0 fully saturated rings. The molecular weight excluding hydrogens is 448 g/mol. The van der Waals surface area contributed by atoms with Crippen LogP contribution >= 0.6 is 0 Å². The van der Waals surface area contributed by atoms with Crippen molar-refractivity contribution >= 4 is 34.5 Å². The average molecular weight is 477 g/mol. The van der Waals surface area contributed by atoms with Gasteiger partial charge in [0.05, 0.1) is 17.3 Å². The lowest BCUT2D eigenvalue weighted by molar-refractivity contribution is 0.0234. The van der Waals surface area contributed by atoms with Crippen LogP contribution in [0.5, 0.6) is 0 Å². The first-order chi connectivity index (χ1) is 16.8. The number of aromatic nitrogens is 3. The number of benzene rings is 1. The molecule has 0 atom stereocenters. The van der Waals surface area contributed by atoms with Crippen molar-refractivity contribution in [3.8, 4) is 0 Å². The Labute approximate surface area is 202 Å². The van der Waals surface area contributed by atoms with E-state index in [0.29, 0.717) is 23.7 Å². The predicted molar refractivity (Wildman–Crippen MR) is 131 cm³/mol. The summed E-state index contributed by atoms with van der Waals surface area (Å²) >= 11 is 0. The van der Waals surface area contributed by atoms with Crippen molar-refractivity contribution in [3.05, 3.63) is 72.6 Å². The maximum atomic E-state index is 12.9. The number of hydrogen-bond donors (Lipinski definition) is 3. The molecule has 10 nitrogen and oxygen atoms in total. The molecule has 0 unspecified atom stereocenters. The maximum absolute atomic E-state index is 12.9. The largest absolute Gasteiger partial charge is 0.457 e. The van der Waals surface area contributed by atoms with E-state index in [4.69, 9.17) is 9.15 Å². The van der Waals surface area contributed by atoms with Crippen LogP contribution in [0, 0.1) is 0 Å². The molecule has 3 N–H and O–H groups in total. The molecule has 182 valence electrons. The second-order valence-electron chi connectivity index (χ2n) is 8.89. The number of furan rings is 1. The van der Waals surface area contributed by atoms with Crippen molar-refractivity contribution in [1.82, 2.24) is 25.2 Å². The van der Waals surface area contributed by atoms with Gasteiger partial charge in [0.15, 0.2) is 0 Å². The number of nitrogens with zero attached hydrogens (tertiary/aromatic N) is 3. The van der Waals surface area contributed by atoms with E-state index in [1.165, 1.54) is 12.6 Å². The van der Waals surface area contributed by atoms with Crippen LogP contribution in [0.4, 0.5) is 16.3 Å². The molecule has 0 saturated heterocycles. The summed E-state index contributed by atoms with van der Waals surface area (Å²) in [6, 6.07) is 13.1. The van der Waals surface area contributed by atoms with Gasteiger partial charge in [0.25, 0.3) is 5.91 Å². The number of carbonyl (C=O) groups is 2. The fraction of sp³-hybridized carbons (Fsp3) is 0.280. The lowest BCUT2D eigenvalue weighted by Gasteiger charge is -2.27. The van der Waals surface area contributed by atoms with Crippen molar-refractivity contribution in [2.24, 2.45) is 0 Å². The van der Waals surface area contributed by atoms with Crippen LogP contribution < -0.4 is 10.6 Å². The summed E-state index contributed by atoms with van der Waals surface area (Å²) in [6.45, 7) is 6.28. The van der Waals surface area contributed by atoms with Gasteiger partial charge in [-0.2, -0.15) is 0 Å². The molecule has 10 heteroatoms. The zero-order chi connectivity index (χ0) is 24.8. The number of hydrogen-bond acceptors (Lipinski definition) is 7. The predicted octanol–water partition coefficient (Wildman–Crippen LogP) is 4.46. The number of fused-ring (bicyclic) bond motifs is 1. The van der Waals surface area contributed by atoms with Gasteiger partial charge in [-0.05, 0) is 32.4 Å². The van der Waals surface area contributed by atoms with E-state index in [1.807, 2.05) is 57.2 Å². The topological polar surface area (TPSA) is 125 Å². The Balaban J connectivity index is 1.40. The first-order valence-electron chi connectivity index (χ1n) is 11.2. The van der Waals surface area contributed by atoms with E-state index in [2.05, 4.69) is 25.6 Å². The third kappa shape index (κ3) is 6.17. The number of amides is 2. The van der Waals surface area contributed by atoms with Gasteiger partial charge in [0.2, 0.25) is 5.76 Å². The third-order valence-electron chi connectivity index (χ3n) is 5.01. The Morgan fingerprint density at radius 2 is 1.91 bits per heavy atom. The number of aromatic amines is 1. The summed E-state index contributed by atoms with van der Waals surface area (Å²) < 4.78 is 11.0. The molecule has 3 aromatic heterocycles. The smallest absolute Gasteiger partial charge is 0.410 e. The normalized spacial score (nSPS) is 11.3. The van der Waals surface area contributed by atoms with Gasteiger partial charge in [0, 0.05) is 31.9 Å². The summed E-state index contributed by atoms with van der Waals surface area (Å²) in [6.07, 6.45) is 4.17. The van der Waals surface area contributed by atoms with Gasteiger partial charge in [0.1, 0.15) is 23.4 Å².